The third-order valence-electron chi connectivity index (χ3n) is 6.53. The highest BCUT2D eigenvalue weighted by atomic mass is 16.6. The Morgan fingerprint density at radius 1 is 1.21 bits per heavy atom. The van der Waals surface area contributed by atoms with Gasteiger partial charge in [0.05, 0.1) is 11.6 Å². The van der Waals surface area contributed by atoms with Crippen molar-refractivity contribution in [2.24, 2.45) is 11.8 Å². The average molecular weight is 525 g/mol. The lowest BCUT2D eigenvalue weighted by molar-refractivity contribution is -0.133. The Labute approximate surface area is 227 Å². The van der Waals surface area contributed by atoms with E-state index in [0.29, 0.717) is 37.6 Å². The van der Waals surface area contributed by atoms with Crippen LogP contribution in [0.5, 0.6) is 5.75 Å². The number of para-hydroxylation sites is 1. The fourth-order valence-electron chi connectivity index (χ4n) is 4.80. The van der Waals surface area contributed by atoms with Crippen molar-refractivity contribution in [1.29, 1.82) is 0 Å². The maximum absolute atomic E-state index is 13.7. The van der Waals surface area contributed by atoms with Crippen molar-refractivity contribution in [3.05, 3.63) is 54.4 Å². The van der Waals surface area contributed by atoms with Crippen LogP contribution in [0.1, 0.15) is 71.6 Å². The lowest BCUT2D eigenvalue weighted by atomic mass is 9.81. The van der Waals surface area contributed by atoms with Gasteiger partial charge in [-0.05, 0) is 96.0 Å². The summed E-state index contributed by atoms with van der Waals surface area (Å²) >= 11 is 0. The minimum Gasteiger partial charge on any atom is -0.472 e. The quantitative estimate of drug-likeness (QED) is 0.284. The van der Waals surface area contributed by atoms with E-state index in [1.807, 2.05) is 40.0 Å². The molecular formula is C30H44N4O4. The normalized spacial score (nSPS) is 15.9. The smallest absolute Gasteiger partial charge is 0.421 e. The molecule has 38 heavy (non-hydrogen) atoms. The molecule has 2 aromatic rings. The van der Waals surface area contributed by atoms with Crippen LogP contribution in [0.2, 0.25) is 0 Å². The predicted molar refractivity (Wildman–Crippen MR) is 150 cm³/mol. The zero-order valence-electron chi connectivity index (χ0n) is 23.7. The van der Waals surface area contributed by atoms with Crippen molar-refractivity contribution >= 4 is 17.9 Å². The van der Waals surface area contributed by atoms with Crippen molar-refractivity contribution < 1.29 is 19.1 Å². The number of imide groups is 1. The molecule has 0 saturated carbocycles. The summed E-state index contributed by atoms with van der Waals surface area (Å²) in [7, 11) is 0. The third-order valence-corrected chi connectivity index (χ3v) is 6.53. The number of rotatable bonds is 12. The molecule has 1 aromatic carbocycles. The molecule has 2 atom stereocenters. The molecule has 1 heterocycles. The Morgan fingerprint density at radius 2 is 1.95 bits per heavy atom. The van der Waals surface area contributed by atoms with E-state index in [1.165, 1.54) is 10.5 Å². The third kappa shape index (κ3) is 8.45. The van der Waals surface area contributed by atoms with Crippen molar-refractivity contribution in [1.82, 2.24) is 20.0 Å². The first kappa shape index (κ1) is 29.4. The summed E-state index contributed by atoms with van der Waals surface area (Å²) in [5.74, 6) is 0.712. The molecule has 0 spiro atoms. The minimum atomic E-state index is -0.620. The molecule has 0 saturated heterocycles. The predicted octanol–water partition coefficient (Wildman–Crippen LogP) is 5.67. The van der Waals surface area contributed by atoms with Crippen molar-refractivity contribution in [3.8, 4) is 5.75 Å². The first-order chi connectivity index (χ1) is 18.1. The number of nitrogens with zero attached hydrogens (tertiary/aromatic N) is 3. The first-order valence-corrected chi connectivity index (χ1v) is 13.9. The molecule has 1 aliphatic rings. The summed E-state index contributed by atoms with van der Waals surface area (Å²) < 4.78 is 13.2. The van der Waals surface area contributed by atoms with Gasteiger partial charge in [-0.2, -0.15) is 5.10 Å². The average Bonchev–Trinajstić information content (AvgIpc) is 3.30. The Hall–Kier alpha value is -3.13. The summed E-state index contributed by atoms with van der Waals surface area (Å²) in [6, 6.07) is 8.89. The van der Waals surface area contributed by atoms with E-state index in [2.05, 4.69) is 18.8 Å². The van der Waals surface area contributed by atoms with Crippen LogP contribution in [-0.4, -0.2) is 51.9 Å². The van der Waals surface area contributed by atoms with Crippen molar-refractivity contribution in [2.75, 3.05) is 19.6 Å². The standard InChI is InChI=1S/C30H44N4O4/c1-7-16-31-20-25(28(35)33(17-8-2)29(36)37-26-12-10-9-11-13-26)18-23-14-15-24-21-34(32-27(24)19-23)22(3)38-30(4,5)6/h9-13,21,23,25,31H,3,7-8,14-20H2,1-2,4-6H3. The molecule has 2 unspecified atom stereocenters. The van der Waals surface area contributed by atoms with Gasteiger partial charge >= 0.3 is 6.09 Å². The molecule has 0 aliphatic heterocycles. The van der Waals surface area contributed by atoms with Crippen LogP contribution in [0.4, 0.5) is 4.79 Å². The number of aromatic nitrogens is 2. The van der Waals surface area contributed by atoms with Gasteiger partial charge in [-0.1, -0.05) is 32.0 Å². The van der Waals surface area contributed by atoms with E-state index in [0.717, 1.165) is 37.9 Å². The zero-order chi connectivity index (χ0) is 27.7. The van der Waals surface area contributed by atoms with Crippen LogP contribution >= 0.6 is 0 Å². The molecule has 208 valence electrons. The summed E-state index contributed by atoms with van der Waals surface area (Å²) in [5, 5.41) is 8.16. The number of benzene rings is 1. The van der Waals surface area contributed by atoms with Gasteiger partial charge in [0.2, 0.25) is 11.8 Å². The van der Waals surface area contributed by atoms with E-state index in [1.54, 1.807) is 28.9 Å². The van der Waals surface area contributed by atoms with Gasteiger partial charge in [-0.15, -0.1) is 0 Å². The van der Waals surface area contributed by atoms with Gasteiger partial charge in [0.15, 0.2) is 0 Å². The highest BCUT2D eigenvalue weighted by Crippen LogP contribution is 2.31. The second kappa shape index (κ2) is 13.6. The van der Waals surface area contributed by atoms with Crippen LogP contribution in [-0.2, 0) is 22.4 Å². The summed E-state index contributed by atoms with van der Waals surface area (Å²) in [5.41, 5.74) is 1.88. The van der Waals surface area contributed by atoms with Crippen LogP contribution < -0.4 is 10.1 Å². The molecule has 1 aliphatic carbocycles. The van der Waals surface area contributed by atoms with E-state index in [-0.39, 0.29) is 23.3 Å². The second-order valence-electron chi connectivity index (χ2n) is 11.1. The number of ether oxygens (including phenoxy) is 2. The SMILES string of the molecule is C=C(OC(C)(C)C)n1cc2c(n1)CC(CC(CNCCC)C(=O)N(CCC)C(=O)Oc1ccccc1)CC2. The molecule has 1 N–H and O–H groups in total. The molecule has 0 bridgehead atoms. The maximum atomic E-state index is 13.7. The Kier molecular flexibility index (Phi) is 10.5. The summed E-state index contributed by atoms with van der Waals surface area (Å²) in [6.07, 6.45) is 6.34. The zero-order valence-corrected chi connectivity index (χ0v) is 23.7. The summed E-state index contributed by atoms with van der Waals surface area (Å²) in [6.45, 7) is 15.7. The highest BCUT2D eigenvalue weighted by molar-refractivity contribution is 5.94. The first-order valence-electron chi connectivity index (χ1n) is 13.9. The Bertz CT molecular complexity index is 1070. The van der Waals surface area contributed by atoms with Gasteiger partial charge in [-0.3, -0.25) is 4.79 Å². The highest BCUT2D eigenvalue weighted by Gasteiger charge is 2.33. The Balaban J connectivity index is 1.72. The lowest BCUT2D eigenvalue weighted by Gasteiger charge is -2.29. The van der Waals surface area contributed by atoms with Crippen LogP contribution in [0.15, 0.2) is 43.1 Å². The maximum Gasteiger partial charge on any atom is 0.421 e. The molecule has 1 aromatic heterocycles. The van der Waals surface area contributed by atoms with E-state index in [9.17, 15) is 9.59 Å². The van der Waals surface area contributed by atoms with Gasteiger partial charge in [0.25, 0.3) is 0 Å². The van der Waals surface area contributed by atoms with Crippen LogP contribution in [0.3, 0.4) is 0 Å². The number of hydrogen-bond acceptors (Lipinski definition) is 6. The van der Waals surface area contributed by atoms with E-state index < -0.39 is 6.09 Å². The Morgan fingerprint density at radius 3 is 2.61 bits per heavy atom. The van der Waals surface area contributed by atoms with Crippen molar-refractivity contribution in [2.45, 2.75) is 78.7 Å². The molecule has 0 radical (unpaired) electrons. The topological polar surface area (TPSA) is 85.7 Å². The number of carbonyl (C=O) groups is 2. The number of aryl methyl sites for hydroxylation is 1. The number of amides is 2. The van der Waals surface area contributed by atoms with Gasteiger partial charge in [0.1, 0.15) is 11.4 Å². The molecular weight excluding hydrogens is 480 g/mol. The summed E-state index contributed by atoms with van der Waals surface area (Å²) in [4.78, 5) is 28.1. The fourth-order valence-corrected chi connectivity index (χ4v) is 4.80. The monoisotopic (exact) mass is 524 g/mol. The lowest BCUT2D eigenvalue weighted by Crippen LogP contribution is -2.46. The molecule has 8 heteroatoms. The van der Waals surface area contributed by atoms with E-state index in [4.69, 9.17) is 14.6 Å². The van der Waals surface area contributed by atoms with Gasteiger partial charge in [-0.25, -0.2) is 14.4 Å². The number of carbonyl (C=O) groups excluding carboxylic acids is 2. The fraction of sp³-hybridized carbons (Fsp3) is 0.567. The molecule has 8 nitrogen and oxygen atoms in total. The number of nitrogens with one attached hydrogen (secondary N) is 1. The van der Waals surface area contributed by atoms with Gasteiger partial charge in [0, 0.05) is 19.3 Å². The second-order valence-corrected chi connectivity index (χ2v) is 11.1. The largest absolute Gasteiger partial charge is 0.472 e. The van der Waals surface area contributed by atoms with E-state index >= 15 is 0 Å². The van der Waals surface area contributed by atoms with Crippen LogP contribution in [0.25, 0.3) is 5.88 Å². The molecule has 3 rings (SSSR count). The minimum absolute atomic E-state index is 0.181. The van der Waals surface area contributed by atoms with Gasteiger partial charge < -0.3 is 14.8 Å². The number of hydrogen-bond donors (Lipinski definition) is 1. The van der Waals surface area contributed by atoms with Crippen molar-refractivity contribution in [3.63, 3.8) is 0 Å². The molecule has 0 fully saturated rings. The number of fused-ring (bicyclic) bond motifs is 1. The van der Waals surface area contributed by atoms with Crippen LogP contribution in [0, 0.1) is 11.8 Å². The molecule has 2 amide bonds.